The predicted molar refractivity (Wildman–Crippen MR) is 116 cm³/mol. The molecule has 2 aromatic rings. The van der Waals surface area contributed by atoms with Crippen molar-refractivity contribution in [3.05, 3.63) is 65.7 Å². The third-order valence-corrected chi connectivity index (χ3v) is 5.75. The molecule has 1 heterocycles. The predicted octanol–water partition coefficient (Wildman–Crippen LogP) is 3.88. The molecule has 0 unspecified atom stereocenters. The third-order valence-electron chi connectivity index (χ3n) is 5.75. The number of piperidine rings is 1. The molecule has 1 fully saturated rings. The third kappa shape index (κ3) is 5.60. The lowest BCUT2D eigenvalue weighted by Crippen LogP contribution is -2.54. The summed E-state index contributed by atoms with van der Waals surface area (Å²) in [5, 5.41) is 12.1. The molecule has 2 aromatic carbocycles. The second kappa shape index (κ2) is 10.3. The van der Waals surface area contributed by atoms with Crippen molar-refractivity contribution in [3.63, 3.8) is 0 Å². The summed E-state index contributed by atoms with van der Waals surface area (Å²) in [6.45, 7) is 5.30. The SMILES string of the molecule is C[C@H](NC(=O)[C@H]1CCC[C@@H](C)N1CCOc1ccccc1)c1ccc(C(=O)O)cc1. The second-order valence-corrected chi connectivity index (χ2v) is 7.85. The molecule has 6 heteroatoms. The van der Waals surface area contributed by atoms with Crippen molar-refractivity contribution in [2.75, 3.05) is 13.2 Å². The van der Waals surface area contributed by atoms with Gasteiger partial charge in [0.05, 0.1) is 17.6 Å². The minimum absolute atomic E-state index is 0.0103. The molecule has 0 spiro atoms. The number of carboxylic acid groups (broad SMARTS) is 1. The van der Waals surface area contributed by atoms with E-state index in [2.05, 4.69) is 17.1 Å². The topological polar surface area (TPSA) is 78.9 Å². The maximum atomic E-state index is 13.1. The first-order chi connectivity index (χ1) is 14.5. The Hall–Kier alpha value is -2.86. The Morgan fingerprint density at radius 3 is 2.50 bits per heavy atom. The zero-order chi connectivity index (χ0) is 21.5. The number of carboxylic acids is 1. The van der Waals surface area contributed by atoms with E-state index in [1.165, 1.54) is 0 Å². The number of carbonyl (C=O) groups excluding carboxylic acids is 1. The van der Waals surface area contributed by atoms with Crippen LogP contribution in [0.25, 0.3) is 0 Å². The Morgan fingerprint density at radius 2 is 1.83 bits per heavy atom. The van der Waals surface area contributed by atoms with Crippen LogP contribution in [0, 0.1) is 0 Å². The summed E-state index contributed by atoms with van der Waals surface area (Å²) in [7, 11) is 0. The minimum Gasteiger partial charge on any atom is -0.492 e. The Morgan fingerprint density at radius 1 is 1.13 bits per heavy atom. The van der Waals surface area contributed by atoms with Crippen molar-refractivity contribution in [1.82, 2.24) is 10.2 Å². The number of nitrogens with zero attached hydrogens (tertiary/aromatic N) is 1. The number of hydrogen-bond donors (Lipinski definition) is 2. The Balaban J connectivity index is 1.59. The molecule has 30 heavy (non-hydrogen) atoms. The zero-order valence-corrected chi connectivity index (χ0v) is 17.6. The molecule has 1 amide bonds. The van der Waals surface area contributed by atoms with Gasteiger partial charge < -0.3 is 15.2 Å². The number of likely N-dealkylation sites (tertiary alicyclic amines) is 1. The summed E-state index contributed by atoms with van der Waals surface area (Å²) in [5.41, 5.74) is 1.12. The fourth-order valence-electron chi connectivity index (χ4n) is 4.00. The van der Waals surface area contributed by atoms with Crippen molar-refractivity contribution in [3.8, 4) is 5.75 Å². The quantitative estimate of drug-likeness (QED) is 0.690. The summed E-state index contributed by atoms with van der Waals surface area (Å²) in [4.78, 5) is 26.3. The first kappa shape index (κ1) is 21.8. The summed E-state index contributed by atoms with van der Waals surface area (Å²) in [6, 6.07) is 16.3. The molecule has 160 valence electrons. The average molecular weight is 411 g/mol. The fraction of sp³-hybridized carbons (Fsp3) is 0.417. The second-order valence-electron chi connectivity index (χ2n) is 7.85. The highest BCUT2D eigenvalue weighted by molar-refractivity contribution is 5.87. The summed E-state index contributed by atoms with van der Waals surface area (Å²) >= 11 is 0. The van der Waals surface area contributed by atoms with Gasteiger partial charge in [0.25, 0.3) is 0 Å². The molecule has 0 saturated carbocycles. The van der Waals surface area contributed by atoms with E-state index in [1.54, 1.807) is 24.3 Å². The van der Waals surface area contributed by atoms with Gasteiger partial charge in [0.15, 0.2) is 0 Å². The smallest absolute Gasteiger partial charge is 0.335 e. The van der Waals surface area contributed by atoms with Gasteiger partial charge in [-0.25, -0.2) is 4.79 Å². The number of carbonyl (C=O) groups is 2. The molecule has 1 aliphatic heterocycles. The van der Waals surface area contributed by atoms with E-state index in [0.717, 1.165) is 30.6 Å². The van der Waals surface area contributed by atoms with Crippen LogP contribution in [0.5, 0.6) is 5.75 Å². The lowest BCUT2D eigenvalue weighted by molar-refractivity contribution is -0.129. The molecule has 3 rings (SSSR count). The molecule has 1 saturated heterocycles. The van der Waals surface area contributed by atoms with Gasteiger partial charge in [-0.15, -0.1) is 0 Å². The molecule has 6 nitrogen and oxygen atoms in total. The van der Waals surface area contributed by atoms with E-state index in [0.29, 0.717) is 19.2 Å². The van der Waals surface area contributed by atoms with Gasteiger partial charge in [0.2, 0.25) is 5.91 Å². The normalized spacial score (nSPS) is 20.3. The molecule has 2 N–H and O–H groups in total. The molecular formula is C24H30N2O4. The highest BCUT2D eigenvalue weighted by atomic mass is 16.5. The summed E-state index contributed by atoms with van der Waals surface area (Å²) in [5.74, 6) is -0.111. The van der Waals surface area contributed by atoms with Gasteiger partial charge >= 0.3 is 5.97 Å². The van der Waals surface area contributed by atoms with Crippen molar-refractivity contribution >= 4 is 11.9 Å². The number of aromatic carboxylic acids is 1. The van der Waals surface area contributed by atoms with Crippen molar-refractivity contribution < 1.29 is 19.4 Å². The molecule has 0 radical (unpaired) electrons. The molecule has 0 bridgehead atoms. The largest absolute Gasteiger partial charge is 0.492 e. The molecular weight excluding hydrogens is 380 g/mol. The van der Waals surface area contributed by atoms with Crippen LogP contribution in [0.4, 0.5) is 0 Å². The number of benzene rings is 2. The van der Waals surface area contributed by atoms with Crippen molar-refractivity contribution in [2.45, 2.75) is 51.2 Å². The van der Waals surface area contributed by atoms with E-state index < -0.39 is 5.97 Å². The highest BCUT2D eigenvalue weighted by Gasteiger charge is 2.33. The average Bonchev–Trinajstić information content (AvgIpc) is 2.75. The fourth-order valence-corrected chi connectivity index (χ4v) is 4.00. The number of nitrogens with one attached hydrogen (secondary N) is 1. The van der Waals surface area contributed by atoms with E-state index in [-0.39, 0.29) is 23.6 Å². The number of hydrogen-bond acceptors (Lipinski definition) is 4. The molecule has 0 aromatic heterocycles. The Kier molecular flexibility index (Phi) is 7.46. The summed E-state index contributed by atoms with van der Waals surface area (Å²) in [6.07, 6.45) is 2.92. The standard InChI is InChI=1S/C24H30N2O4/c1-17-7-6-10-22(26(17)15-16-30-21-8-4-3-5-9-21)23(27)25-18(2)19-11-13-20(14-12-19)24(28)29/h3-5,8-9,11-14,17-18,22H,6-7,10,15-16H2,1-2H3,(H,25,27)(H,28,29)/t17-,18+,22-/m1/s1. The van der Waals surface area contributed by atoms with Gasteiger partial charge in [0, 0.05) is 12.6 Å². The lowest BCUT2D eigenvalue weighted by atomic mass is 9.95. The monoisotopic (exact) mass is 410 g/mol. The van der Waals surface area contributed by atoms with Crippen LogP contribution >= 0.6 is 0 Å². The number of rotatable bonds is 8. The van der Waals surface area contributed by atoms with Gasteiger partial charge in [-0.05, 0) is 62.9 Å². The highest BCUT2D eigenvalue weighted by Crippen LogP contribution is 2.24. The number of para-hydroxylation sites is 1. The van der Waals surface area contributed by atoms with Crippen LogP contribution in [0.1, 0.15) is 55.1 Å². The molecule has 1 aliphatic rings. The molecule has 0 aliphatic carbocycles. The van der Waals surface area contributed by atoms with Gasteiger partial charge in [-0.1, -0.05) is 30.3 Å². The van der Waals surface area contributed by atoms with E-state index in [4.69, 9.17) is 9.84 Å². The minimum atomic E-state index is -0.956. The van der Waals surface area contributed by atoms with Crippen LogP contribution < -0.4 is 10.1 Å². The van der Waals surface area contributed by atoms with Crippen molar-refractivity contribution in [1.29, 1.82) is 0 Å². The van der Waals surface area contributed by atoms with Crippen LogP contribution in [0.2, 0.25) is 0 Å². The molecule has 3 atom stereocenters. The zero-order valence-electron chi connectivity index (χ0n) is 17.6. The Labute approximate surface area is 177 Å². The lowest BCUT2D eigenvalue weighted by Gasteiger charge is -2.40. The van der Waals surface area contributed by atoms with Crippen LogP contribution in [0.3, 0.4) is 0 Å². The van der Waals surface area contributed by atoms with Crippen molar-refractivity contribution in [2.24, 2.45) is 0 Å². The number of amides is 1. The van der Waals surface area contributed by atoms with Crippen LogP contribution in [0.15, 0.2) is 54.6 Å². The van der Waals surface area contributed by atoms with E-state index in [9.17, 15) is 9.59 Å². The van der Waals surface area contributed by atoms with Gasteiger partial charge in [0.1, 0.15) is 12.4 Å². The number of ether oxygens (including phenoxy) is 1. The first-order valence-corrected chi connectivity index (χ1v) is 10.5. The van der Waals surface area contributed by atoms with Crippen LogP contribution in [-0.2, 0) is 4.79 Å². The first-order valence-electron chi connectivity index (χ1n) is 10.5. The summed E-state index contributed by atoms with van der Waals surface area (Å²) < 4.78 is 5.84. The maximum Gasteiger partial charge on any atom is 0.335 e. The van der Waals surface area contributed by atoms with Crippen LogP contribution in [-0.4, -0.2) is 47.1 Å². The van der Waals surface area contributed by atoms with Gasteiger partial charge in [-0.3, -0.25) is 9.69 Å². The van der Waals surface area contributed by atoms with E-state index >= 15 is 0 Å². The Bertz CT molecular complexity index is 838. The van der Waals surface area contributed by atoms with Gasteiger partial charge in [-0.2, -0.15) is 0 Å². The maximum absolute atomic E-state index is 13.1. The van der Waals surface area contributed by atoms with E-state index in [1.807, 2.05) is 37.3 Å².